The third-order valence-electron chi connectivity index (χ3n) is 5.60. The Balaban J connectivity index is 1.51. The quantitative estimate of drug-likeness (QED) is 0.350. The maximum atomic E-state index is 11.2. The lowest BCUT2D eigenvalue weighted by Crippen LogP contribution is -2.20. The fourth-order valence-corrected chi connectivity index (χ4v) is 3.92. The summed E-state index contributed by atoms with van der Waals surface area (Å²) < 4.78 is 0. The molecule has 2 N–H and O–H groups in total. The number of carbonyl (C=O) groups is 1. The van der Waals surface area contributed by atoms with E-state index in [1.54, 1.807) is 0 Å². The summed E-state index contributed by atoms with van der Waals surface area (Å²) in [4.78, 5) is 18.0. The summed E-state index contributed by atoms with van der Waals surface area (Å²) in [5.41, 5.74) is 5.37. The molecule has 0 saturated heterocycles. The number of aryl methyl sites for hydroxylation is 1. The number of carbonyl (C=O) groups excluding carboxylic acids is 1. The van der Waals surface area contributed by atoms with Crippen LogP contribution in [0.25, 0.3) is 10.9 Å². The smallest absolute Gasteiger partial charge is 0.207 e. The van der Waals surface area contributed by atoms with Crippen LogP contribution in [0.2, 0.25) is 0 Å². The molecule has 1 unspecified atom stereocenters. The molecule has 4 rings (SSSR count). The Morgan fingerprint density at radius 2 is 1.66 bits per heavy atom. The number of hydrogen-bond acceptors (Lipinski definition) is 4. The maximum absolute atomic E-state index is 11.2. The van der Waals surface area contributed by atoms with Crippen LogP contribution >= 0.6 is 0 Å². The summed E-state index contributed by atoms with van der Waals surface area (Å²) in [6.07, 6.45) is 2.53. The molecule has 0 aliphatic carbocycles. The number of pyridine rings is 1. The molecule has 4 aromatic rings. The Bertz CT molecular complexity index is 1170. The largest absolute Gasteiger partial charge is 0.377 e. The third-order valence-corrected chi connectivity index (χ3v) is 5.60. The van der Waals surface area contributed by atoms with E-state index >= 15 is 0 Å². The van der Waals surface area contributed by atoms with Crippen LogP contribution in [-0.4, -0.2) is 25.5 Å². The van der Waals surface area contributed by atoms with Gasteiger partial charge < -0.3 is 15.5 Å². The summed E-state index contributed by atoms with van der Waals surface area (Å²) in [7, 11) is 4.08. The van der Waals surface area contributed by atoms with Gasteiger partial charge in [-0.25, -0.2) is 4.98 Å². The van der Waals surface area contributed by atoms with Crippen LogP contribution in [0.5, 0.6) is 0 Å². The lowest BCUT2D eigenvalue weighted by atomic mass is 9.99. The number of para-hydroxylation sites is 1. The molecule has 1 aromatic heterocycles. The lowest BCUT2D eigenvalue weighted by molar-refractivity contribution is -0.110. The average molecular weight is 425 g/mol. The van der Waals surface area contributed by atoms with Crippen molar-refractivity contribution in [3.05, 3.63) is 96.1 Å². The van der Waals surface area contributed by atoms with Crippen molar-refractivity contribution in [2.45, 2.75) is 18.9 Å². The van der Waals surface area contributed by atoms with Crippen molar-refractivity contribution in [1.29, 1.82) is 0 Å². The molecule has 5 heteroatoms. The monoisotopic (exact) mass is 424 g/mol. The van der Waals surface area contributed by atoms with E-state index in [2.05, 4.69) is 51.9 Å². The predicted octanol–water partition coefficient (Wildman–Crippen LogP) is 5.46. The molecule has 1 heterocycles. The second kappa shape index (κ2) is 9.96. The molecule has 0 bridgehead atoms. The van der Waals surface area contributed by atoms with Crippen LogP contribution in [0.1, 0.15) is 23.6 Å². The molecule has 0 fully saturated rings. The predicted molar refractivity (Wildman–Crippen MR) is 132 cm³/mol. The van der Waals surface area contributed by atoms with Crippen molar-refractivity contribution in [2.24, 2.45) is 0 Å². The number of aromatic nitrogens is 1. The van der Waals surface area contributed by atoms with Gasteiger partial charge >= 0.3 is 0 Å². The highest BCUT2D eigenvalue weighted by molar-refractivity contribution is 5.93. The maximum Gasteiger partial charge on any atom is 0.207 e. The normalized spacial score (nSPS) is 11.7. The molecule has 32 heavy (non-hydrogen) atoms. The van der Waals surface area contributed by atoms with Gasteiger partial charge in [0.2, 0.25) is 6.41 Å². The van der Waals surface area contributed by atoms with Gasteiger partial charge in [0, 0.05) is 36.9 Å². The van der Waals surface area contributed by atoms with E-state index in [9.17, 15) is 4.79 Å². The highest BCUT2D eigenvalue weighted by atomic mass is 16.1. The van der Waals surface area contributed by atoms with Gasteiger partial charge in [-0.15, -0.1) is 0 Å². The third kappa shape index (κ3) is 5.06. The van der Waals surface area contributed by atoms with Gasteiger partial charge in [0.15, 0.2) is 0 Å². The SMILES string of the molecule is CN(C)c1cc(Nc2ccc(C(CCc3ccccc3)NC=O)cc2)nc2ccccc12. The zero-order valence-corrected chi connectivity index (χ0v) is 18.5. The number of anilines is 3. The first-order valence-electron chi connectivity index (χ1n) is 10.8. The van der Waals surface area contributed by atoms with Gasteiger partial charge in [-0.2, -0.15) is 0 Å². The second-order valence-corrected chi connectivity index (χ2v) is 8.05. The summed E-state index contributed by atoms with van der Waals surface area (Å²) in [6, 6.07) is 28.7. The number of benzene rings is 3. The van der Waals surface area contributed by atoms with Crippen LogP contribution in [-0.2, 0) is 11.2 Å². The molecule has 1 atom stereocenters. The Morgan fingerprint density at radius 1 is 0.938 bits per heavy atom. The van der Waals surface area contributed by atoms with Crippen LogP contribution < -0.4 is 15.5 Å². The van der Waals surface area contributed by atoms with Crippen molar-refractivity contribution in [2.75, 3.05) is 24.3 Å². The minimum atomic E-state index is -0.0270. The Hall–Kier alpha value is -3.86. The van der Waals surface area contributed by atoms with Gasteiger partial charge in [0.05, 0.1) is 11.6 Å². The molecule has 0 saturated carbocycles. The molecular formula is C27H28N4O. The van der Waals surface area contributed by atoms with E-state index in [4.69, 9.17) is 4.98 Å². The number of amides is 1. The van der Waals surface area contributed by atoms with Gasteiger partial charge in [0.1, 0.15) is 5.82 Å². The van der Waals surface area contributed by atoms with E-state index in [1.807, 2.05) is 62.6 Å². The van der Waals surface area contributed by atoms with Crippen molar-refractivity contribution >= 4 is 34.5 Å². The van der Waals surface area contributed by atoms with Crippen molar-refractivity contribution in [1.82, 2.24) is 10.3 Å². The van der Waals surface area contributed by atoms with Gasteiger partial charge in [0.25, 0.3) is 0 Å². The molecule has 5 nitrogen and oxygen atoms in total. The fraction of sp³-hybridized carbons (Fsp3) is 0.185. The molecule has 162 valence electrons. The highest BCUT2D eigenvalue weighted by Gasteiger charge is 2.12. The first-order chi connectivity index (χ1) is 15.6. The number of hydrogen-bond donors (Lipinski definition) is 2. The topological polar surface area (TPSA) is 57.3 Å². The zero-order chi connectivity index (χ0) is 22.3. The van der Waals surface area contributed by atoms with Crippen LogP contribution in [0.3, 0.4) is 0 Å². The minimum absolute atomic E-state index is 0.0270. The molecule has 0 aliphatic rings. The summed E-state index contributed by atoms with van der Waals surface area (Å²) >= 11 is 0. The van der Waals surface area contributed by atoms with Crippen LogP contribution in [0, 0.1) is 0 Å². The van der Waals surface area contributed by atoms with Gasteiger partial charge in [-0.3, -0.25) is 4.79 Å². The van der Waals surface area contributed by atoms with Crippen molar-refractivity contribution in [3.63, 3.8) is 0 Å². The average Bonchev–Trinajstić information content (AvgIpc) is 2.82. The first-order valence-corrected chi connectivity index (χ1v) is 10.8. The first kappa shape index (κ1) is 21.4. The van der Waals surface area contributed by atoms with Crippen molar-refractivity contribution < 1.29 is 4.79 Å². The lowest BCUT2D eigenvalue weighted by Gasteiger charge is -2.18. The summed E-state index contributed by atoms with van der Waals surface area (Å²) in [5, 5.41) is 7.50. The molecule has 0 radical (unpaired) electrons. The fourth-order valence-electron chi connectivity index (χ4n) is 3.92. The number of rotatable bonds is 9. The number of nitrogens with zero attached hydrogens (tertiary/aromatic N) is 2. The minimum Gasteiger partial charge on any atom is -0.377 e. The van der Waals surface area contributed by atoms with E-state index in [0.29, 0.717) is 0 Å². The second-order valence-electron chi connectivity index (χ2n) is 8.05. The Kier molecular flexibility index (Phi) is 6.66. The molecular weight excluding hydrogens is 396 g/mol. The van der Waals surface area contributed by atoms with Crippen LogP contribution in [0.4, 0.5) is 17.2 Å². The zero-order valence-electron chi connectivity index (χ0n) is 18.5. The van der Waals surface area contributed by atoms with Gasteiger partial charge in [-0.1, -0.05) is 60.7 Å². The summed E-state index contributed by atoms with van der Waals surface area (Å²) in [6.45, 7) is 0. The van der Waals surface area contributed by atoms with Crippen molar-refractivity contribution in [3.8, 4) is 0 Å². The van der Waals surface area contributed by atoms with Gasteiger partial charge in [-0.05, 0) is 42.2 Å². The standard InChI is InChI=1S/C27H28N4O/c1-31(2)26-18-27(30-25-11-7-6-10-23(25)26)29-22-15-13-21(14-16-22)24(28-19-32)17-12-20-8-4-3-5-9-20/h3-11,13-16,18-19,24H,12,17H2,1-2H3,(H,28,32)(H,29,30). The van der Waals surface area contributed by atoms with E-state index < -0.39 is 0 Å². The number of fused-ring (bicyclic) bond motifs is 1. The number of nitrogens with one attached hydrogen (secondary N) is 2. The van der Waals surface area contributed by atoms with E-state index in [-0.39, 0.29) is 6.04 Å². The molecule has 0 spiro atoms. The molecule has 0 aliphatic heterocycles. The molecule has 3 aromatic carbocycles. The van der Waals surface area contributed by atoms with E-state index in [1.165, 1.54) is 5.56 Å². The van der Waals surface area contributed by atoms with E-state index in [0.717, 1.165) is 52.9 Å². The van der Waals surface area contributed by atoms with Crippen LogP contribution in [0.15, 0.2) is 84.9 Å². The molecule has 1 amide bonds. The highest BCUT2D eigenvalue weighted by Crippen LogP contribution is 2.29. The summed E-state index contributed by atoms with van der Waals surface area (Å²) in [5.74, 6) is 0.798. The Labute approximate surface area is 189 Å². The Morgan fingerprint density at radius 3 is 2.38 bits per heavy atom.